The Morgan fingerprint density at radius 3 is 2.77 bits per heavy atom. The average molecular weight is 413 g/mol. The van der Waals surface area contributed by atoms with Crippen molar-refractivity contribution in [2.24, 2.45) is 5.92 Å². The maximum atomic E-state index is 11.0. The first-order chi connectivity index (χ1) is 14.5. The van der Waals surface area contributed by atoms with Crippen LogP contribution in [0.15, 0.2) is 42.9 Å². The second-order valence-corrected chi connectivity index (χ2v) is 7.64. The third kappa shape index (κ3) is 3.24. The van der Waals surface area contributed by atoms with Crippen LogP contribution in [0.4, 0.5) is 5.95 Å². The molecular formula is C21H27N5O4. The molecule has 2 unspecified atom stereocenters. The molecule has 160 valence electrons. The molecule has 5 atom stereocenters. The summed E-state index contributed by atoms with van der Waals surface area (Å²) >= 11 is 0. The lowest BCUT2D eigenvalue weighted by Crippen LogP contribution is -2.53. The maximum absolute atomic E-state index is 11.0. The van der Waals surface area contributed by atoms with E-state index in [1.807, 2.05) is 44.2 Å². The van der Waals surface area contributed by atoms with Gasteiger partial charge < -0.3 is 25.4 Å². The van der Waals surface area contributed by atoms with Gasteiger partial charge in [-0.25, -0.2) is 9.97 Å². The molecule has 9 nitrogen and oxygen atoms in total. The molecule has 3 aromatic rings. The lowest BCUT2D eigenvalue weighted by atomic mass is 9.76. The minimum absolute atomic E-state index is 0.180. The van der Waals surface area contributed by atoms with E-state index in [1.54, 1.807) is 6.20 Å². The van der Waals surface area contributed by atoms with Gasteiger partial charge in [0.25, 0.3) is 0 Å². The van der Waals surface area contributed by atoms with E-state index in [0.29, 0.717) is 11.2 Å². The van der Waals surface area contributed by atoms with E-state index in [9.17, 15) is 10.2 Å². The van der Waals surface area contributed by atoms with Crippen molar-refractivity contribution >= 4 is 11.6 Å². The number of fused-ring (bicyclic) bond motifs is 1. The molecule has 1 aliphatic heterocycles. The lowest BCUT2D eigenvalue weighted by molar-refractivity contribution is -0.187. The number of nitrogen functional groups attached to an aromatic ring is 1. The number of rotatable bonds is 7. The van der Waals surface area contributed by atoms with Gasteiger partial charge in [0.2, 0.25) is 5.95 Å². The number of ether oxygens (including phenoxy) is 2. The van der Waals surface area contributed by atoms with Crippen LogP contribution in [0.25, 0.3) is 5.65 Å². The lowest BCUT2D eigenvalue weighted by Gasteiger charge is -2.40. The fourth-order valence-corrected chi connectivity index (χ4v) is 4.44. The Morgan fingerprint density at radius 1 is 1.30 bits per heavy atom. The summed E-state index contributed by atoms with van der Waals surface area (Å²) < 4.78 is 14.3. The van der Waals surface area contributed by atoms with Crippen molar-refractivity contribution in [2.45, 2.75) is 50.8 Å². The fraction of sp³-hybridized carbons (Fsp3) is 0.476. The van der Waals surface area contributed by atoms with Gasteiger partial charge in [-0.05, 0) is 12.0 Å². The Labute approximate surface area is 174 Å². The molecular weight excluding hydrogens is 386 g/mol. The number of nitrogens with two attached hydrogens (primary N) is 1. The minimum atomic E-state index is -1.20. The molecule has 4 rings (SSSR count). The first-order valence-corrected chi connectivity index (χ1v) is 10.1. The van der Waals surface area contributed by atoms with Gasteiger partial charge in [0.1, 0.15) is 24.1 Å². The summed E-state index contributed by atoms with van der Waals surface area (Å²) in [7, 11) is 0. The predicted octanol–water partition coefficient (Wildman–Crippen LogP) is 1.50. The van der Waals surface area contributed by atoms with Gasteiger partial charge in [-0.15, -0.1) is 0 Å². The van der Waals surface area contributed by atoms with Crippen molar-refractivity contribution < 1.29 is 19.7 Å². The van der Waals surface area contributed by atoms with Gasteiger partial charge in [-0.1, -0.05) is 44.2 Å². The van der Waals surface area contributed by atoms with Crippen LogP contribution in [0, 0.1) is 5.92 Å². The highest BCUT2D eigenvalue weighted by atomic mass is 16.6. The predicted molar refractivity (Wildman–Crippen MR) is 109 cm³/mol. The summed E-state index contributed by atoms with van der Waals surface area (Å²) in [4.78, 5) is 8.28. The topological polar surface area (TPSA) is 128 Å². The summed E-state index contributed by atoms with van der Waals surface area (Å²) in [5, 5.41) is 25.3. The Bertz CT molecular complexity index is 997. The third-order valence-electron chi connectivity index (χ3n) is 6.06. The molecule has 4 N–H and O–H groups in total. The summed E-state index contributed by atoms with van der Waals surface area (Å²) in [6, 6.07) is 9.70. The molecule has 2 aromatic heterocycles. The van der Waals surface area contributed by atoms with E-state index >= 15 is 0 Å². The number of benzene rings is 1. The molecule has 0 bridgehead atoms. The molecule has 3 heterocycles. The number of hydrogen-bond acceptors (Lipinski definition) is 8. The van der Waals surface area contributed by atoms with E-state index in [0.717, 1.165) is 12.0 Å². The van der Waals surface area contributed by atoms with E-state index in [-0.39, 0.29) is 24.6 Å². The summed E-state index contributed by atoms with van der Waals surface area (Å²) in [5.41, 5.74) is 6.80. The van der Waals surface area contributed by atoms with E-state index in [1.165, 1.54) is 10.8 Å². The summed E-state index contributed by atoms with van der Waals surface area (Å²) in [5.74, 6) is -0.00431. The summed E-state index contributed by atoms with van der Waals surface area (Å²) in [6.45, 7) is 3.79. The molecule has 30 heavy (non-hydrogen) atoms. The van der Waals surface area contributed by atoms with Crippen molar-refractivity contribution in [3.63, 3.8) is 0 Å². The first kappa shape index (κ1) is 20.7. The fourth-order valence-electron chi connectivity index (χ4n) is 4.44. The van der Waals surface area contributed by atoms with Gasteiger partial charge in [0.15, 0.2) is 5.65 Å². The second kappa shape index (κ2) is 8.27. The standard InChI is InChI=1S/C21H27N5O4/c1-3-16-13(2)21(17(28)10-27,29-11-14-7-5-4-6-8-14)18(30-16)15-9-25-26-19(15)23-12-24-20(26)22/h4-9,12-13,16-18,27-28H,3,10-11H2,1-2H3,(H2,22,23,24)/t13-,16-,17?,18?,21+/m1/s1. The van der Waals surface area contributed by atoms with Crippen LogP contribution in [0.2, 0.25) is 0 Å². The highest BCUT2D eigenvalue weighted by Crippen LogP contribution is 2.51. The quantitative estimate of drug-likeness (QED) is 0.532. The molecule has 1 saturated heterocycles. The average Bonchev–Trinajstić information content (AvgIpc) is 3.32. The molecule has 0 spiro atoms. The van der Waals surface area contributed by atoms with Crippen LogP contribution in [-0.2, 0) is 16.1 Å². The van der Waals surface area contributed by atoms with Crippen LogP contribution < -0.4 is 5.73 Å². The zero-order chi connectivity index (χ0) is 21.3. The Hall–Kier alpha value is -2.59. The van der Waals surface area contributed by atoms with E-state index in [2.05, 4.69) is 15.1 Å². The highest BCUT2D eigenvalue weighted by Gasteiger charge is 2.60. The van der Waals surface area contributed by atoms with Crippen molar-refractivity contribution in [1.82, 2.24) is 19.6 Å². The van der Waals surface area contributed by atoms with E-state index in [4.69, 9.17) is 15.2 Å². The zero-order valence-corrected chi connectivity index (χ0v) is 17.0. The molecule has 1 aromatic carbocycles. The highest BCUT2D eigenvalue weighted by molar-refractivity contribution is 5.51. The normalized spacial score (nSPS) is 27.5. The Morgan fingerprint density at radius 2 is 2.07 bits per heavy atom. The molecule has 0 amide bonds. The second-order valence-electron chi connectivity index (χ2n) is 7.64. The van der Waals surface area contributed by atoms with Crippen LogP contribution in [0.3, 0.4) is 0 Å². The number of anilines is 1. The van der Waals surface area contributed by atoms with Gasteiger partial charge in [-0.2, -0.15) is 9.61 Å². The van der Waals surface area contributed by atoms with Crippen molar-refractivity contribution in [1.29, 1.82) is 0 Å². The summed E-state index contributed by atoms with van der Waals surface area (Å²) in [6.07, 6.45) is 1.65. The van der Waals surface area contributed by atoms with Crippen molar-refractivity contribution in [2.75, 3.05) is 12.3 Å². The smallest absolute Gasteiger partial charge is 0.224 e. The minimum Gasteiger partial charge on any atom is -0.394 e. The Kier molecular flexibility index (Phi) is 5.70. The molecule has 0 radical (unpaired) electrons. The number of nitrogens with zero attached hydrogens (tertiary/aromatic N) is 4. The SMILES string of the molecule is CC[C@H]1OC(c2cnn3c(N)ncnc23)[C@@](OCc2ccccc2)(C(O)CO)[C@@H]1C. The van der Waals surface area contributed by atoms with Gasteiger partial charge in [0, 0.05) is 11.5 Å². The zero-order valence-electron chi connectivity index (χ0n) is 17.0. The molecule has 0 aliphatic carbocycles. The Balaban J connectivity index is 1.81. The number of aromatic nitrogens is 4. The number of aliphatic hydroxyl groups is 2. The molecule has 9 heteroatoms. The van der Waals surface area contributed by atoms with Gasteiger partial charge >= 0.3 is 0 Å². The first-order valence-electron chi connectivity index (χ1n) is 10.1. The van der Waals surface area contributed by atoms with Crippen LogP contribution in [0.1, 0.15) is 37.5 Å². The molecule has 1 fully saturated rings. The van der Waals surface area contributed by atoms with Crippen LogP contribution in [-0.4, -0.2) is 54.2 Å². The van der Waals surface area contributed by atoms with Crippen molar-refractivity contribution in [3.8, 4) is 0 Å². The molecule has 0 saturated carbocycles. The number of hydrogen-bond donors (Lipinski definition) is 3. The molecule has 1 aliphatic rings. The van der Waals surface area contributed by atoms with Crippen molar-refractivity contribution in [3.05, 3.63) is 54.0 Å². The third-order valence-corrected chi connectivity index (χ3v) is 6.06. The largest absolute Gasteiger partial charge is 0.394 e. The monoisotopic (exact) mass is 413 g/mol. The van der Waals surface area contributed by atoms with Gasteiger partial charge in [0.05, 0.1) is 25.5 Å². The van der Waals surface area contributed by atoms with Crippen LogP contribution >= 0.6 is 0 Å². The maximum Gasteiger partial charge on any atom is 0.224 e. The van der Waals surface area contributed by atoms with Gasteiger partial charge in [-0.3, -0.25) is 0 Å². The van der Waals surface area contributed by atoms with Crippen LogP contribution in [0.5, 0.6) is 0 Å². The number of aliphatic hydroxyl groups excluding tert-OH is 2. The van der Waals surface area contributed by atoms with E-state index < -0.39 is 24.4 Å².